The number of nitrogens with zero attached hydrogens (tertiary/aromatic N) is 2. The molecule has 0 radical (unpaired) electrons. The molecular formula is C22H16N4O3. The Morgan fingerprint density at radius 3 is 2.52 bits per heavy atom. The summed E-state index contributed by atoms with van der Waals surface area (Å²) in [6, 6.07) is 15.0. The molecule has 2 heterocycles. The Morgan fingerprint density at radius 1 is 1.00 bits per heavy atom. The van der Waals surface area contributed by atoms with Gasteiger partial charge >= 0.3 is 5.97 Å². The summed E-state index contributed by atoms with van der Waals surface area (Å²) in [7, 11) is 0. The van der Waals surface area contributed by atoms with Gasteiger partial charge in [-0.15, -0.1) is 0 Å². The second kappa shape index (κ2) is 7.77. The number of carbonyl (C=O) groups excluding carboxylic acids is 1. The number of rotatable bonds is 5. The van der Waals surface area contributed by atoms with Gasteiger partial charge in [0.15, 0.2) is 0 Å². The molecule has 7 heteroatoms. The van der Waals surface area contributed by atoms with Crippen molar-refractivity contribution in [1.29, 1.82) is 0 Å². The number of carboxylic acid groups (broad SMARTS) is 1. The Labute approximate surface area is 165 Å². The van der Waals surface area contributed by atoms with Crippen LogP contribution in [0.3, 0.4) is 0 Å². The number of carbonyl (C=O) groups is 2. The van der Waals surface area contributed by atoms with Gasteiger partial charge < -0.3 is 10.4 Å². The average molecular weight is 384 g/mol. The summed E-state index contributed by atoms with van der Waals surface area (Å²) in [6.45, 7) is 0. The summed E-state index contributed by atoms with van der Waals surface area (Å²) in [4.78, 5) is 27.5. The maximum atomic E-state index is 12.5. The van der Waals surface area contributed by atoms with Gasteiger partial charge in [-0.3, -0.25) is 14.9 Å². The first-order valence-electron chi connectivity index (χ1n) is 8.81. The lowest BCUT2D eigenvalue weighted by molar-refractivity contribution is 0.0696. The number of anilines is 1. The van der Waals surface area contributed by atoms with Crippen LogP contribution in [0, 0.1) is 0 Å². The fourth-order valence-electron chi connectivity index (χ4n) is 2.86. The first kappa shape index (κ1) is 18.1. The molecule has 2 aromatic heterocycles. The monoisotopic (exact) mass is 384 g/mol. The summed E-state index contributed by atoms with van der Waals surface area (Å²) in [5, 5.41) is 19.9. The maximum Gasteiger partial charge on any atom is 0.335 e. The van der Waals surface area contributed by atoms with E-state index in [1.807, 2.05) is 36.4 Å². The zero-order chi connectivity index (χ0) is 20.2. The highest BCUT2D eigenvalue weighted by atomic mass is 16.4. The highest BCUT2D eigenvalue weighted by molar-refractivity contribution is 6.06. The number of nitrogens with one attached hydrogen (secondary N) is 2. The van der Waals surface area contributed by atoms with Crippen molar-refractivity contribution in [2.75, 3.05) is 5.32 Å². The average Bonchev–Trinajstić information content (AvgIpc) is 3.15. The largest absolute Gasteiger partial charge is 0.478 e. The van der Waals surface area contributed by atoms with Crippen molar-refractivity contribution in [3.8, 4) is 0 Å². The zero-order valence-corrected chi connectivity index (χ0v) is 15.2. The molecule has 4 aromatic rings. The van der Waals surface area contributed by atoms with E-state index in [2.05, 4.69) is 20.5 Å². The minimum atomic E-state index is -1.03. The zero-order valence-electron chi connectivity index (χ0n) is 15.2. The minimum absolute atomic E-state index is 0.131. The third-order valence-electron chi connectivity index (χ3n) is 4.36. The molecule has 0 aliphatic carbocycles. The number of H-pyrrole nitrogens is 1. The van der Waals surface area contributed by atoms with Gasteiger partial charge in [-0.05, 0) is 60.2 Å². The molecule has 142 valence electrons. The Balaban J connectivity index is 1.56. The summed E-state index contributed by atoms with van der Waals surface area (Å²) >= 11 is 0. The van der Waals surface area contributed by atoms with Crippen LogP contribution in [0.1, 0.15) is 32.0 Å². The quantitative estimate of drug-likeness (QED) is 0.480. The summed E-state index contributed by atoms with van der Waals surface area (Å²) in [6.07, 6.45) is 7.27. The molecule has 0 saturated heterocycles. The number of hydrogen-bond acceptors (Lipinski definition) is 4. The van der Waals surface area contributed by atoms with Crippen LogP contribution < -0.4 is 5.32 Å². The van der Waals surface area contributed by atoms with E-state index in [1.54, 1.807) is 18.5 Å². The van der Waals surface area contributed by atoms with Crippen molar-refractivity contribution < 1.29 is 14.7 Å². The van der Waals surface area contributed by atoms with Crippen LogP contribution >= 0.6 is 0 Å². The van der Waals surface area contributed by atoms with Gasteiger partial charge in [-0.25, -0.2) is 4.79 Å². The molecule has 0 atom stereocenters. The van der Waals surface area contributed by atoms with Crippen LogP contribution in [0.2, 0.25) is 0 Å². The number of aromatic carboxylic acids is 1. The number of aromatic amines is 1. The van der Waals surface area contributed by atoms with Crippen molar-refractivity contribution in [3.05, 3.63) is 89.4 Å². The van der Waals surface area contributed by atoms with Gasteiger partial charge in [-0.1, -0.05) is 12.1 Å². The lowest BCUT2D eigenvalue weighted by atomic mass is 10.1. The molecule has 0 aliphatic rings. The van der Waals surface area contributed by atoms with Gasteiger partial charge in [0.25, 0.3) is 5.91 Å². The molecular weight excluding hydrogens is 368 g/mol. The molecule has 1 amide bonds. The Kier molecular flexibility index (Phi) is 4.86. The Bertz CT molecular complexity index is 1210. The summed E-state index contributed by atoms with van der Waals surface area (Å²) in [5.74, 6) is -1.36. The fraction of sp³-hybridized carbons (Fsp3) is 0. The van der Waals surface area contributed by atoms with E-state index < -0.39 is 5.97 Å². The molecule has 0 bridgehead atoms. The molecule has 29 heavy (non-hydrogen) atoms. The van der Waals surface area contributed by atoms with Gasteiger partial charge in [0.2, 0.25) is 0 Å². The van der Waals surface area contributed by atoms with Crippen LogP contribution in [-0.4, -0.2) is 32.2 Å². The van der Waals surface area contributed by atoms with Crippen molar-refractivity contribution in [2.24, 2.45) is 0 Å². The SMILES string of the molecule is O=C(O)c1ccc(C(=O)Nc2ccc3[nH]nc(/C=C/c4cccnc4)c3c2)cc1. The van der Waals surface area contributed by atoms with E-state index in [9.17, 15) is 9.59 Å². The topological polar surface area (TPSA) is 108 Å². The van der Waals surface area contributed by atoms with Crippen LogP contribution in [0.5, 0.6) is 0 Å². The van der Waals surface area contributed by atoms with Crippen molar-refractivity contribution in [1.82, 2.24) is 15.2 Å². The van der Waals surface area contributed by atoms with E-state index in [0.29, 0.717) is 11.3 Å². The standard InChI is InChI=1S/C22H16N4O3/c27-21(15-4-6-16(7-5-15)22(28)29)24-17-8-10-20-18(12-17)19(25-26-20)9-3-14-2-1-11-23-13-14/h1-13H,(H,24,27)(H,25,26)(H,28,29)/b9-3+. The third-order valence-corrected chi connectivity index (χ3v) is 4.36. The summed E-state index contributed by atoms with van der Waals surface area (Å²) in [5.41, 5.74) is 3.66. The predicted molar refractivity (Wildman–Crippen MR) is 111 cm³/mol. The molecule has 4 rings (SSSR count). The molecule has 2 aromatic carbocycles. The van der Waals surface area contributed by atoms with Gasteiger partial charge in [-0.2, -0.15) is 5.10 Å². The predicted octanol–water partition coefficient (Wildman–Crippen LogP) is 4.08. The van der Waals surface area contributed by atoms with E-state index in [4.69, 9.17) is 5.11 Å². The number of hydrogen-bond donors (Lipinski definition) is 3. The molecule has 3 N–H and O–H groups in total. The van der Waals surface area contributed by atoms with E-state index in [-0.39, 0.29) is 11.5 Å². The number of fused-ring (bicyclic) bond motifs is 1. The normalized spacial score (nSPS) is 11.0. The molecule has 0 unspecified atom stereocenters. The maximum absolute atomic E-state index is 12.5. The lowest BCUT2D eigenvalue weighted by Gasteiger charge is -2.06. The van der Waals surface area contributed by atoms with Crippen molar-refractivity contribution >= 4 is 40.6 Å². The first-order chi connectivity index (χ1) is 14.1. The molecule has 0 fully saturated rings. The second-order valence-corrected chi connectivity index (χ2v) is 6.33. The minimum Gasteiger partial charge on any atom is -0.478 e. The number of amides is 1. The van der Waals surface area contributed by atoms with Crippen molar-refractivity contribution in [2.45, 2.75) is 0 Å². The second-order valence-electron chi connectivity index (χ2n) is 6.33. The molecule has 7 nitrogen and oxygen atoms in total. The van der Waals surface area contributed by atoms with E-state index >= 15 is 0 Å². The number of pyridine rings is 1. The summed E-state index contributed by atoms with van der Waals surface area (Å²) < 4.78 is 0. The van der Waals surface area contributed by atoms with Gasteiger partial charge in [0.1, 0.15) is 0 Å². The number of carboxylic acids is 1. The third kappa shape index (κ3) is 4.03. The van der Waals surface area contributed by atoms with E-state index in [1.165, 1.54) is 24.3 Å². The highest BCUT2D eigenvalue weighted by Gasteiger charge is 2.10. The molecule has 0 aliphatic heterocycles. The fourth-order valence-corrected chi connectivity index (χ4v) is 2.86. The Hall–Kier alpha value is -4.26. The smallest absolute Gasteiger partial charge is 0.335 e. The van der Waals surface area contributed by atoms with Crippen LogP contribution in [0.15, 0.2) is 67.0 Å². The number of benzene rings is 2. The highest BCUT2D eigenvalue weighted by Crippen LogP contribution is 2.23. The lowest BCUT2D eigenvalue weighted by Crippen LogP contribution is -2.12. The van der Waals surface area contributed by atoms with E-state index in [0.717, 1.165) is 22.2 Å². The van der Waals surface area contributed by atoms with Crippen LogP contribution in [0.4, 0.5) is 5.69 Å². The van der Waals surface area contributed by atoms with Crippen LogP contribution in [0.25, 0.3) is 23.1 Å². The molecule has 0 spiro atoms. The Morgan fingerprint density at radius 2 is 1.79 bits per heavy atom. The molecule has 0 saturated carbocycles. The van der Waals surface area contributed by atoms with Gasteiger partial charge in [0.05, 0.1) is 16.8 Å². The number of aromatic nitrogens is 3. The van der Waals surface area contributed by atoms with Crippen LogP contribution in [-0.2, 0) is 0 Å². The van der Waals surface area contributed by atoms with Crippen molar-refractivity contribution in [3.63, 3.8) is 0 Å². The van der Waals surface area contributed by atoms with Gasteiger partial charge in [0, 0.05) is 29.0 Å². The first-order valence-corrected chi connectivity index (χ1v) is 8.81.